The highest BCUT2D eigenvalue weighted by Gasteiger charge is 2.30. The average Bonchev–Trinajstić information content (AvgIpc) is 2.80. The second-order valence-electron chi connectivity index (χ2n) is 4.79. The maximum Gasteiger partial charge on any atom is 0.243 e. The van der Waals surface area contributed by atoms with Gasteiger partial charge in [-0.1, -0.05) is 15.9 Å². The van der Waals surface area contributed by atoms with Crippen LogP contribution in [0.5, 0.6) is 0 Å². The number of fused-ring (bicyclic) bond motifs is 1. The van der Waals surface area contributed by atoms with Crippen molar-refractivity contribution in [3.63, 3.8) is 0 Å². The Hall–Kier alpha value is -1.18. The van der Waals surface area contributed by atoms with Crippen molar-refractivity contribution in [1.29, 1.82) is 0 Å². The smallest absolute Gasteiger partial charge is 0.243 e. The molecule has 1 aromatic carbocycles. The predicted octanol–water partition coefficient (Wildman–Crippen LogP) is 1.93. The van der Waals surface area contributed by atoms with Gasteiger partial charge in [-0.05, 0) is 24.3 Å². The Kier molecular flexibility index (Phi) is 3.43. The van der Waals surface area contributed by atoms with E-state index in [9.17, 15) is 8.42 Å². The van der Waals surface area contributed by atoms with Crippen molar-refractivity contribution in [1.82, 2.24) is 13.9 Å². The van der Waals surface area contributed by atoms with Gasteiger partial charge in [-0.2, -0.15) is 4.31 Å². The van der Waals surface area contributed by atoms with Crippen molar-refractivity contribution in [3.8, 4) is 0 Å². The largest absolute Gasteiger partial charge is 0.336 e. The monoisotopic (exact) mass is 355 g/mol. The highest BCUT2D eigenvalue weighted by atomic mass is 79.9. The minimum absolute atomic E-state index is 0.325. The van der Waals surface area contributed by atoms with E-state index in [4.69, 9.17) is 0 Å². The molecule has 0 aliphatic carbocycles. The van der Waals surface area contributed by atoms with Crippen LogP contribution in [0.2, 0.25) is 0 Å². The summed E-state index contributed by atoms with van der Waals surface area (Å²) in [5, 5.41) is 0. The summed E-state index contributed by atoms with van der Waals surface area (Å²) >= 11 is 3.31. The molecule has 0 amide bonds. The molecule has 1 aliphatic heterocycles. The van der Waals surface area contributed by atoms with Gasteiger partial charge in [0.25, 0.3) is 0 Å². The van der Waals surface area contributed by atoms with Crippen LogP contribution in [0.25, 0.3) is 0 Å². The van der Waals surface area contributed by atoms with Gasteiger partial charge in [0.15, 0.2) is 0 Å². The highest BCUT2D eigenvalue weighted by molar-refractivity contribution is 9.10. The van der Waals surface area contributed by atoms with E-state index in [1.165, 1.54) is 4.31 Å². The van der Waals surface area contributed by atoms with Gasteiger partial charge in [-0.15, -0.1) is 0 Å². The zero-order valence-electron chi connectivity index (χ0n) is 11.0. The van der Waals surface area contributed by atoms with E-state index < -0.39 is 10.0 Å². The van der Waals surface area contributed by atoms with Crippen LogP contribution in [0.4, 0.5) is 0 Å². The number of hydrogen-bond acceptors (Lipinski definition) is 3. The van der Waals surface area contributed by atoms with E-state index in [-0.39, 0.29) is 0 Å². The van der Waals surface area contributed by atoms with E-state index in [1.54, 1.807) is 30.6 Å². The molecule has 1 aliphatic rings. The lowest BCUT2D eigenvalue weighted by molar-refractivity contribution is 0.380. The minimum atomic E-state index is -3.44. The molecular weight excluding hydrogens is 342 g/mol. The number of aryl methyl sites for hydroxylation is 1. The summed E-state index contributed by atoms with van der Waals surface area (Å²) in [4.78, 5) is 4.62. The van der Waals surface area contributed by atoms with E-state index in [1.807, 2.05) is 11.6 Å². The van der Waals surface area contributed by atoms with Crippen LogP contribution in [0.3, 0.4) is 0 Å². The van der Waals surface area contributed by atoms with Gasteiger partial charge in [0.1, 0.15) is 0 Å². The Morgan fingerprint density at radius 3 is 2.65 bits per heavy atom. The Morgan fingerprint density at radius 1 is 1.25 bits per heavy atom. The maximum atomic E-state index is 12.6. The molecule has 3 rings (SSSR count). The lowest BCUT2D eigenvalue weighted by Crippen LogP contribution is -2.36. The van der Waals surface area contributed by atoms with Crippen LogP contribution in [0.15, 0.2) is 40.0 Å². The molecule has 0 bridgehead atoms. The molecule has 106 valence electrons. The summed E-state index contributed by atoms with van der Waals surface area (Å²) in [7, 11) is -1.55. The summed E-state index contributed by atoms with van der Waals surface area (Å²) in [6, 6.07) is 6.73. The molecule has 2 aromatic rings. The van der Waals surface area contributed by atoms with E-state index in [0.717, 1.165) is 15.9 Å². The van der Waals surface area contributed by atoms with Gasteiger partial charge in [-0.25, -0.2) is 13.4 Å². The molecule has 0 unspecified atom stereocenters. The molecule has 0 spiro atoms. The van der Waals surface area contributed by atoms with Crippen molar-refractivity contribution in [2.24, 2.45) is 7.05 Å². The molecule has 0 saturated carbocycles. The van der Waals surface area contributed by atoms with Crippen LogP contribution in [0.1, 0.15) is 11.4 Å². The van der Waals surface area contributed by atoms with E-state index in [2.05, 4.69) is 20.9 Å². The lowest BCUT2D eigenvalue weighted by atomic mass is 10.2. The van der Waals surface area contributed by atoms with Gasteiger partial charge < -0.3 is 4.57 Å². The van der Waals surface area contributed by atoms with Crippen LogP contribution >= 0.6 is 15.9 Å². The number of hydrogen-bond donors (Lipinski definition) is 0. The fraction of sp³-hybridized carbons (Fsp3) is 0.308. The number of nitrogens with zero attached hydrogens (tertiary/aromatic N) is 3. The normalized spacial score (nSPS) is 16.1. The summed E-state index contributed by atoms with van der Waals surface area (Å²) in [6.45, 7) is 0.854. The van der Waals surface area contributed by atoms with Crippen LogP contribution in [0, 0.1) is 0 Å². The molecule has 0 radical (unpaired) electrons. The number of aromatic nitrogens is 2. The molecule has 0 N–H and O–H groups in total. The third kappa shape index (κ3) is 2.30. The van der Waals surface area contributed by atoms with Crippen molar-refractivity contribution < 1.29 is 8.42 Å². The molecule has 0 saturated heterocycles. The Bertz CT molecular complexity index is 737. The first kappa shape index (κ1) is 13.8. The molecule has 7 heteroatoms. The van der Waals surface area contributed by atoms with Crippen LogP contribution in [-0.4, -0.2) is 28.8 Å². The summed E-state index contributed by atoms with van der Waals surface area (Å²) in [5.74, 6) is 0. The number of benzene rings is 1. The zero-order chi connectivity index (χ0) is 14.3. The molecule has 20 heavy (non-hydrogen) atoms. The van der Waals surface area contributed by atoms with Crippen LogP contribution in [-0.2, 0) is 30.0 Å². The number of halogens is 1. The topological polar surface area (TPSA) is 55.2 Å². The number of rotatable bonds is 2. The Balaban J connectivity index is 1.94. The fourth-order valence-corrected chi connectivity index (χ4v) is 4.02. The van der Waals surface area contributed by atoms with Gasteiger partial charge in [0.2, 0.25) is 10.0 Å². The molecule has 5 nitrogen and oxygen atoms in total. The predicted molar refractivity (Wildman–Crippen MR) is 78.6 cm³/mol. The van der Waals surface area contributed by atoms with Crippen molar-refractivity contribution >= 4 is 26.0 Å². The minimum Gasteiger partial charge on any atom is -0.336 e. The summed E-state index contributed by atoms with van der Waals surface area (Å²) in [6.07, 6.45) is 2.40. The maximum absolute atomic E-state index is 12.6. The first-order valence-electron chi connectivity index (χ1n) is 6.23. The highest BCUT2D eigenvalue weighted by Crippen LogP contribution is 2.24. The SMILES string of the molecule is Cn1cnc2c1CN(S(=O)(=O)c1ccc(Br)cc1)CC2. The van der Waals surface area contributed by atoms with Gasteiger partial charge in [0, 0.05) is 24.5 Å². The number of sulfonamides is 1. The van der Waals surface area contributed by atoms with Crippen LogP contribution < -0.4 is 0 Å². The van der Waals surface area contributed by atoms with Crippen molar-refractivity contribution in [2.45, 2.75) is 17.9 Å². The lowest BCUT2D eigenvalue weighted by Gasteiger charge is -2.26. The standard InChI is InChI=1S/C13H14BrN3O2S/c1-16-9-15-12-6-7-17(8-13(12)16)20(18,19)11-4-2-10(14)3-5-11/h2-5,9H,6-8H2,1H3. The molecule has 1 aromatic heterocycles. The van der Waals surface area contributed by atoms with E-state index in [0.29, 0.717) is 24.4 Å². The second kappa shape index (κ2) is 4.98. The molecule has 0 fully saturated rings. The first-order chi connectivity index (χ1) is 9.48. The average molecular weight is 356 g/mol. The molecule has 0 atom stereocenters. The van der Waals surface area contributed by atoms with E-state index >= 15 is 0 Å². The third-order valence-electron chi connectivity index (χ3n) is 3.52. The van der Waals surface area contributed by atoms with Crippen molar-refractivity contribution in [3.05, 3.63) is 46.5 Å². The summed E-state index contributed by atoms with van der Waals surface area (Å²) in [5.41, 5.74) is 1.96. The fourth-order valence-electron chi connectivity index (χ4n) is 2.35. The second-order valence-corrected chi connectivity index (χ2v) is 7.64. The van der Waals surface area contributed by atoms with Gasteiger partial charge >= 0.3 is 0 Å². The third-order valence-corrected chi connectivity index (χ3v) is 5.91. The zero-order valence-corrected chi connectivity index (χ0v) is 13.4. The van der Waals surface area contributed by atoms with Gasteiger partial charge in [-0.3, -0.25) is 0 Å². The van der Waals surface area contributed by atoms with Gasteiger partial charge in [0.05, 0.1) is 29.2 Å². The molecule has 2 heterocycles. The Morgan fingerprint density at radius 2 is 1.95 bits per heavy atom. The molecular formula is C13H14BrN3O2S. The Labute approximate surface area is 126 Å². The quantitative estimate of drug-likeness (QED) is 0.826. The van der Waals surface area contributed by atoms with Crippen molar-refractivity contribution in [2.75, 3.05) is 6.54 Å². The summed E-state index contributed by atoms with van der Waals surface area (Å²) < 4.78 is 29.5. The first-order valence-corrected chi connectivity index (χ1v) is 8.46. The number of imidazole rings is 1.